The molecule has 0 aromatic heterocycles. The molecule has 8 N–H and O–H groups in total. The number of aliphatic carboxylic acids is 1. The fourth-order valence-electron chi connectivity index (χ4n) is 2.26. The minimum Gasteiger partial charge on any atom is -0.479 e. The van der Waals surface area contributed by atoms with Crippen LogP contribution in [0.15, 0.2) is 29.4 Å². The largest absolute Gasteiger partial charge is 0.479 e. The third-order valence-electron chi connectivity index (χ3n) is 3.88. The number of carboxylic acid groups (broad SMARTS) is 1. The van der Waals surface area contributed by atoms with Gasteiger partial charge in [-0.05, 0) is 5.56 Å². The van der Waals surface area contributed by atoms with Gasteiger partial charge in [-0.15, -0.1) is 0 Å². The Hall–Kier alpha value is -2.78. The number of nitrogen functional groups attached to an aromatic ring is 1. The smallest absolute Gasteiger partial charge is 0.332 e. The first-order valence-electron chi connectivity index (χ1n) is 7.21. The lowest BCUT2D eigenvalue weighted by Crippen LogP contribution is -2.60. The monoisotopic (exact) mass is 333 g/mol. The number of ketones is 1. The molecule has 0 radical (unpaired) electrons. The molecule has 1 aliphatic heterocycles. The number of nitrogens with zero attached hydrogens (tertiary/aromatic N) is 1. The van der Waals surface area contributed by atoms with Crippen LogP contribution in [0.4, 0.5) is 0 Å². The first-order valence-corrected chi connectivity index (χ1v) is 7.21. The molecule has 128 valence electrons. The van der Waals surface area contributed by atoms with Crippen LogP contribution in [0.25, 0.3) is 0 Å². The van der Waals surface area contributed by atoms with Crippen molar-refractivity contribution in [1.82, 2.24) is 0 Å². The number of oxime groups is 1. The van der Waals surface area contributed by atoms with E-state index in [4.69, 9.17) is 32.6 Å². The third-order valence-corrected chi connectivity index (χ3v) is 3.88. The van der Waals surface area contributed by atoms with E-state index in [1.54, 1.807) is 24.3 Å². The summed E-state index contributed by atoms with van der Waals surface area (Å²) in [5.41, 5.74) is 16.1. The summed E-state index contributed by atoms with van der Waals surface area (Å²) in [4.78, 5) is 28.4. The number of rotatable bonds is 7. The molecule has 0 aliphatic carbocycles. The van der Waals surface area contributed by atoms with Crippen molar-refractivity contribution in [3.8, 4) is 0 Å². The Morgan fingerprint density at radius 2 is 2.00 bits per heavy atom. The van der Waals surface area contributed by atoms with Gasteiger partial charge in [0.15, 0.2) is 11.3 Å². The summed E-state index contributed by atoms with van der Waals surface area (Å²) in [6, 6.07) is 6.85. The van der Waals surface area contributed by atoms with Gasteiger partial charge in [0.25, 0.3) is 0 Å². The molecule has 0 amide bonds. The van der Waals surface area contributed by atoms with E-state index >= 15 is 0 Å². The van der Waals surface area contributed by atoms with Crippen LogP contribution in [-0.2, 0) is 14.4 Å². The van der Waals surface area contributed by atoms with Gasteiger partial charge in [-0.2, -0.15) is 0 Å². The highest BCUT2D eigenvalue weighted by Gasteiger charge is 2.42. The van der Waals surface area contributed by atoms with E-state index in [1.807, 2.05) is 0 Å². The van der Waals surface area contributed by atoms with E-state index in [0.29, 0.717) is 17.7 Å². The van der Waals surface area contributed by atoms with Crippen LogP contribution < -0.4 is 17.2 Å². The molecular formula is C15H19N5O4. The Balaban J connectivity index is 2.01. The molecule has 2 rings (SSSR count). The Morgan fingerprint density at radius 1 is 1.38 bits per heavy atom. The molecule has 1 aliphatic rings. The molecule has 0 bridgehead atoms. The minimum atomic E-state index is -2.12. The van der Waals surface area contributed by atoms with Gasteiger partial charge in [-0.25, -0.2) is 4.79 Å². The average Bonchev–Trinajstić information content (AvgIpc) is 3.02. The molecule has 2 atom stereocenters. The number of nitrogens with two attached hydrogens (primary N) is 3. The van der Waals surface area contributed by atoms with Gasteiger partial charge in [0.1, 0.15) is 11.9 Å². The van der Waals surface area contributed by atoms with E-state index in [2.05, 4.69) is 5.16 Å². The quantitative estimate of drug-likeness (QED) is 0.245. The number of carboxylic acids is 1. The number of carbonyl (C=O) groups excluding carboxylic acids is 1. The van der Waals surface area contributed by atoms with Crippen molar-refractivity contribution in [1.29, 1.82) is 5.41 Å². The molecule has 0 fully saturated rings. The summed E-state index contributed by atoms with van der Waals surface area (Å²) in [6.45, 7) is -0.492. The second-order valence-corrected chi connectivity index (χ2v) is 5.57. The second kappa shape index (κ2) is 6.77. The van der Waals surface area contributed by atoms with Crippen molar-refractivity contribution in [3.05, 3.63) is 35.4 Å². The Kier molecular flexibility index (Phi) is 4.96. The highest BCUT2D eigenvalue weighted by molar-refractivity contribution is 6.08. The number of Topliss-reactive ketones (excluding diaryl/α,β-unsaturated/α-hetero) is 1. The molecule has 1 aromatic carbocycles. The predicted octanol–water partition coefficient (Wildman–Crippen LogP) is -0.836. The van der Waals surface area contributed by atoms with Crippen LogP contribution in [0.5, 0.6) is 0 Å². The lowest BCUT2D eigenvalue weighted by atomic mass is 9.90. The molecule has 0 unspecified atom stereocenters. The van der Waals surface area contributed by atoms with E-state index in [1.165, 1.54) is 0 Å². The fraction of sp³-hybridized carbons (Fsp3) is 0.333. The number of hydrogen-bond acceptors (Lipinski definition) is 7. The Bertz CT molecular complexity index is 700. The maximum absolute atomic E-state index is 12.1. The van der Waals surface area contributed by atoms with Gasteiger partial charge < -0.3 is 27.1 Å². The van der Waals surface area contributed by atoms with Crippen molar-refractivity contribution in [2.24, 2.45) is 22.4 Å². The number of amidine groups is 1. The normalized spacial score (nSPS) is 19.1. The first-order chi connectivity index (χ1) is 11.3. The highest BCUT2D eigenvalue weighted by Crippen LogP contribution is 2.21. The van der Waals surface area contributed by atoms with Gasteiger partial charge in [0, 0.05) is 24.9 Å². The number of nitrogens with one attached hydrogen (secondary N) is 1. The summed E-state index contributed by atoms with van der Waals surface area (Å²) in [5.74, 6) is -2.20. The summed E-state index contributed by atoms with van der Waals surface area (Å²) >= 11 is 0. The predicted molar refractivity (Wildman–Crippen MR) is 86.7 cm³/mol. The number of hydrogen-bond donors (Lipinski definition) is 5. The van der Waals surface area contributed by atoms with Crippen LogP contribution in [0.1, 0.15) is 24.0 Å². The van der Waals surface area contributed by atoms with E-state index in [0.717, 1.165) is 5.56 Å². The van der Waals surface area contributed by atoms with Gasteiger partial charge >= 0.3 is 5.97 Å². The molecule has 1 aromatic rings. The highest BCUT2D eigenvalue weighted by atomic mass is 16.6. The van der Waals surface area contributed by atoms with Crippen LogP contribution >= 0.6 is 0 Å². The van der Waals surface area contributed by atoms with Crippen LogP contribution in [0.3, 0.4) is 0 Å². The van der Waals surface area contributed by atoms with E-state index < -0.39 is 29.9 Å². The SMILES string of the molecule is N=C(N)c1ccc(C2=NO[C@@H](CC(=O)[C@@](N)(CN)C(=O)O)C2)cc1. The van der Waals surface area contributed by atoms with E-state index in [9.17, 15) is 9.59 Å². The van der Waals surface area contributed by atoms with Crippen molar-refractivity contribution < 1.29 is 19.5 Å². The molecule has 0 saturated carbocycles. The average molecular weight is 333 g/mol. The Morgan fingerprint density at radius 3 is 2.50 bits per heavy atom. The number of carbonyl (C=O) groups is 2. The minimum absolute atomic E-state index is 0.0376. The van der Waals surface area contributed by atoms with Crippen molar-refractivity contribution >= 4 is 23.3 Å². The first kappa shape index (κ1) is 17.6. The summed E-state index contributed by atoms with van der Waals surface area (Å²) in [5, 5.41) is 20.3. The summed E-state index contributed by atoms with van der Waals surface area (Å²) in [7, 11) is 0. The fourth-order valence-corrected chi connectivity index (χ4v) is 2.26. The summed E-state index contributed by atoms with van der Waals surface area (Å²) < 4.78 is 0. The van der Waals surface area contributed by atoms with Crippen molar-refractivity contribution in [2.45, 2.75) is 24.5 Å². The molecule has 9 heteroatoms. The number of benzene rings is 1. The summed E-state index contributed by atoms with van der Waals surface area (Å²) in [6.07, 6.45) is -0.446. The third kappa shape index (κ3) is 3.42. The van der Waals surface area contributed by atoms with Crippen LogP contribution in [0.2, 0.25) is 0 Å². The lowest BCUT2D eigenvalue weighted by molar-refractivity contribution is -0.148. The maximum atomic E-state index is 12.1. The van der Waals surface area contributed by atoms with Crippen LogP contribution in [-0.4, -0.2) is 46.6 Å². The topological polar surface area (TPSA) is 178 Å². The van der Waals surface area contributed by atoms with Crippen LogP contribution in [0, 0.1) is 5.41 Å². The zero-order valence-electron chi connectivity index (χ0n) is 12.9. The Labute approximate surface area is 137 Å². The van der Waals surface area contributed by atoms with Gasteiger partial charge in [0.05, 0.1) is 5.71 Å². The zero-order valence-corrected chi connectivity index (χ0v) is 12.9. The molecule has 24 heavy (non-hydrogen) atoms. The maximum Gasteiger partial charge on any atom is 0.332 e. The van der Waals surface area contributed by atoms with Gasteiger partial charge in [-0.3, -0.25) is 10.2 Å². The van der Waals surface area contributed by atoms with Gasteiger partial charge in [0.2, 0.25) is 0 Å². The molecule has 0 spiro atoms. The molecule has 9 nitrogen and oxygen atoms in total. The van der Waals surface area contributed by atoms with E-state index in [-0.39, 0.29) is 12.3 Å². The second-order valence-electron chi connectivity index (χ2n) is 5.57. The van der Waals surface area contributed by atoms with Crippen molar-refractivity contribution in [2.75, 3.05) is 6.54 Å². The lowest BCUT2D eigenvalue weighted by Gasteiger charge is -2.22. The zero-order chi connectivity index (χ0) is 17.9. The molecule has 0 saturated heterocycles. The molecule has 1 heterocycles. The molecular weight excluding hydrogens is 314 g/mol. The van der Waals surface area contributed by atoms with Gasteiger partial charge in [-0.1, -0.05) is 29.4 Å². The standard InChI is InChI=1S/C15H19N5O4/c16-7-15(19,14(22)23)12(21)6-10-5-11(20-24-10)8-1-3-9(4-2-8)13(17)18/h1-4,10H,5-7,16,19H2,(H3,17,18)(H,22,23)/t10-,15+/m1/s1. The van der Waals surface area contributed by atoms with Crippen molar-refractivity contribution in [3.63, 3.8) is 0 Å².